The molecule has 4 aromatic rings. The van der Waals surface area contributed by atoms with Gasteiger partial charge in [-0.1, -0.05) is 40.5 Å². The van der Waals surface area contributed by atoms with Crippen molar-refractivity contribution < 1.29 is 18.8 Å². The Morgan fingerprint density at radius 3 is 2.66 bits per heavy atom. The summed E-state index contributed by atoms with van der Waals surface area (Å²) in [7, 11) is 0. The number of halogens is 2. The van der Waals surface area contributed by atoms with Gasteiger partial charge in [0, 0.05) is 29.7 Å². The van der Waals surface area contributed by atoms with Crippen molar-refractivity contribution in [3.8, 4) is 28.6 Å². The molecule has 1 aliphatic carbocycles. The molecule has 0 saturated heterocycles. The zero-order valence-corrected chi connectivity index (χ0v) is 22.2. The van der Waals surface area contributed by atoms with E-state index in [0.29, 0.717) is 63.1 Å². The maximum atomic E-state index is 12.3. The summed E-state index contributed by atoms with van der Waals surface area (Å²) in [6.07, 6.45) is 3.52. The molecule has 9 heteroatoms. The van der Waals surface area contributed by atoms with E-state index in [2.05, 4.69) is 10.5 Å². The Morgan fingerprint density at radius 2 is 1.89 bits per heavy atom. The van der Waals surface area contributed by atoms with Gasteiger partial charge in [-0.2, -0.15) is 0 Å². The minimum atomic E-state index is -0.123. The standard InChI is InChI=1S/C29H25Cl2N3O4/c1-2-32-29(35)18-9-6-16-10-11-22-23(37-24(16)14-18)12-13-25(33-22)36-15-19-27(34-38-28(19)17-7-8-17)26-20(30)4-3-5-21(26)31/h3-6,9,12-14,17H,2,7-8,10-11,15H2,1H3,(H,32,35). The lowest BCUT2D eigenvalue weighted by Crippen LogP contribution is -2.22. The molecule has 2 aromatic carbocycles. The van der Waals surface area contributed by atoms with Crippen LogP contribution in [0.3, 0.4) is 0 Å². The van der Waals surface area contributed by atoms with E-state index in [9.17, 15) is 4.79 Å². The molecule has 1 fully saturated rings. The molecule has 194 valence electrons. The molecule has 1 amide bonds. The van der Waals surface area contributed by atoms with Crippen LogP contribution >= 0.6 is 23.2 Å². The van der Waals surface area contributed by atoms with E-state index in [-0.39, 0.29) is 12.5 Å². The molecule has 2 aromatic heterocycles. The van der Waals surface area contributed by atoms with Gasteiger partial charge in [0.25, 0.3) is 5.91 Å². The van der Waals surface area contributed by atoms with Crippen LogP contribution in [-0.2, 0) is 19.4 Å². The van der Waals surface area contributed by atoms with Crippen LogP contribution in [0.5, 0.6) is 17.4 Å². The number of carbonyl (C=O) groups is 1. The molecule has 1 aliphatic heterocycles. The lowest BCUT2D eigenvalue weighted by Gasteiger charge is -2.12. The average Bonchev–Trinajstić information content (AvgIpc) is 3.70. The van der Waals surface area contributed by atoms with Crippen molar-refractivity contribution in [2.24, 2.45) is 0 Å². The molecule has 1 N–H and O–H groups in total. The van der Waals surface area contributed by atoms with E-state index in [0.717, 1.165) is 41.8 Å². The Bertz CT molecular complexity index is 1510. The van der Waals surface area contributed by atoms with Crippen LogP contribution in [0.2, 0.25) is 10.0 Å². The summed E-state index contributed by atoms with van der Waals surface area (Å²) in [6, 6.07) is 14.5. The second-order valence-electron chi connectivity index (χ2n) is 9.41. The van der Waals surface area contributed by atoms with Crippen LogP contribution in [0.25, 0.3) is 11.3 Å². The smallest absolute Gasteiger partial charge is 0.251 e. The number of fused-ring (bicyclic) bond motifs is 2. The predicted molar refractivity (Wildman–Crippen MR) is 144 cm³/mol. The summed E-state index contributed by atoms with van der Waals surface area (Å²) in [5.41, 5.74) is 4.45. The Labute approximate surface area is 230 Å². The first-order chi connectivity index (χ1) is 18.5. The molecule has 0 radical (unpaired) electrons. The highest BCUT2D eigenvalue weighted by molar-refractivity contribution is 6.39. The molecular weight excluding hydrogens is 525 g/mol. The zero-order valence-electron chi connectivity index (χ0n) is 20.7. The first-order valence-corrected chi connectivity index (χ1v) is 13.4. The van der Waals surface area contributed by atoms with Crippen LogP contribution in [0.4, 0.5) is 0 Å². The highest BCUT2D eigenvalue weighted by Crippen LogP contribution is 2.46. The van der Waals surface area contributed by atoms with Gasteiger partial charge in [-0.05, 0) is 68.5 Å². The number of aryl methyl sites for hydroxylation is 2. The van der Waals surface area contributed by atoms with Crippen molar-refractivity contribution in [2.45, 2.75) is 45.1 Å². The number of carbonyl (C=O) groups excluding carboxylic acids is 1. The minimum absolute atomic E-state index is 0.123. The molecule has 1 saturated carbocycles. The second kappa shape index (κ2) is 10.3. The number of amides is 1. The summed E-state index contributed by atoms with van der Waals surface area (Å²) < 4.78 is 18.1. The van der Waals surface area contributed by atoms with Crippen LogP contribution in [-0.4, -0.2) is 22.6 Å². The van der Waals surface area contributed by atoms with Gasteiger partial charge in [0.05, 0.1) is 21.3 Å². The summed E-state index contributed by atoms with van der Waals surface area (Å²) in [4.78, 5) is 17.0. The van der Waals surface area contributed by atoms with Gasteiger partial charge in [-0.3, -0.25) is 4.79 Å². The third-order valence-electron chi connectivity index (χ3n) is 6.76. The fourth-order valence-corrected chi connectivity index (χ4v) is 5.22. The van der Waals surface area contributed by atoms with Gasteiger partial charge in [0.2, 0.25) is 5.88 Å². The zero-order chi connectivity index (χ0) is 26.2. The molecule has 6 rings (SSSR count). The molecule has 3 heterocycles. The lowest BCUT2D eigenvalue weighted by atomic mass is 10.0. The van der Waals surface area contributed by atoms with E-state index in [4.69, 9.17) is 42.2 Å². The van der Waals surface area contributed by atoms with Crippen molar-refractivity contribution in [1.82, 2.24) is 15.5 Å². The topological polar surface area (TPSA) is 86.5 Å². The highest BCUT2D eigenvalue weighted by Gasteiger charge is 2.34. The average molecular weight is 550 g/mol. The minimum Gasteiger partial charge on any atom is -0.473 e. The first-order valence-electron chi connectivity index (χ1n) is 12.7. The van der Waals surface area contributed by atoms with Crippen LogP contribution in [0, 0.1) is 0 Å². The third kappa shape index (κ3) is 4.84. The molecule has 0 spiro atoms. The third-order valence-corrected chi connectivity index (χ3v) is 7.39. The summed E-state index contributed by atoms with van der Waals surface area (Å²) in [6.45, 7) is 2.67. The van der Waals surface area contributed by atoms with E-state index in [1.807, 2.05) is 25.1 Å². The Kier molecular flexibility index (Phi) is 6.72. The molecule has 7 nitrogen and oxygen atoms in total. The highest BCUT2D eigenvalue weighted by atomic mass is 35.5. The lowest BCUT2D eigenvalue weighted by molar-refractivity contribution is 0.0955. The number of aromatic nitrogens is 2. The number of nitrogens with zero attached hydrogens (tertiary/aromatic N) is 2. The number of benzene rings is 2. The normalized spacial score (nSPS) is 14.2. The maximum Gasteiger partial charge on any atom is 0.251 e. The second-order valence-corrected chi connectivity index (χ2v) is 10.2. The quantitative estimate of drug-likeness (QED) is 0.263. The van der Waals surface area contributed by atoms with Crippen LogP contribution in [0.1, 0.15) is 58.6 Å². The molecule has 0 unspecified atom stereocenters. The Morgan fingerprint density at radius 1 is 1.08 bits per heavy atom. The summed E-state index contributed by atoms with van der Waals surface area (Å²) in [5, 5.41) is 8.16. The van der Waals surface area contributed by atoms with Gasteiger partial charge >= 0.3 is 0 Å². The van der Waals surface area contributed by atoms with E-state index >= 15 is 0 Å². The number of rotatable bonds is 7. The van der Waals surface area contributed by atoms with Gasteiger partial charge in [0.1, 0.15) is 29.6 Å². The van der Waals surface area contributed by atoms with Crippen molar-refractivity contribution in [1.29, 1.82) is 0 Å². The molecule has 38 heavy (non-hydrogen) atoms. The Balaban J connectivity index is 1.24. The molecule has 2 aliphatic rings. The van der Waals surface area contributed by atoms with E-state index < -0.39 is 0 Å². The largest absolute Gasteiger partial charge is 0.473 e. The number of hydrogen-bond donors (Lipinski definition) is 1. The van der Waals surface area contributed by atoms with Crippen LogP contribution < -0.4 is 14.8 Å². The maximum absolute atomic E-state index is 12.3. The molecule has 0 atom stereocenters. The molecule has 0 bridgehead atoms. The Hall–Kier alpha value is -3.55. The van der Waals surface area contributed by atoms with Crippen molar-refractivity contribution in [3.05, 3.63) is 86.7 Å². The molecular formula is C29H25Cl2N3O4. The van der Waals surface area contributed by atoms with Crippen molar-refractivity contribution in [3.63, 3.8) is 0 Å². The number of pyridine rings is 1. The van der Waals surface area contributed by atoms with E-state index in [1.54, 1.807) is 30.3 Å². The summed E-state index contributed by atoms with van der Waals surface area (Å²) >= 11 is 13.0. The summed E-state index contributed by atoms with van der Waals surface area (Å²) in [5.74, 6) is 2.81. The van der Waals surface area contributed by atoms with Gasteiger partial charge in [0.15, 0.2) is 0 Å². The van der Waals surface area contributed by atoms with Crippen molar-refractivity contribution >= 4 is 29.1 Å². The van der Waals surface area contributed by atoms with E-state index in [1.165, 1.54) is 0 Å². The first kappa shape index (κ1) is 24.8. The van der Waals surface area contributed by atoms with Gasteiger partial charge in [-0.25, -0.2) is 4.98 Å². The van der Waals surface area contributed by atoms with Crippen LogP contribution in [0.15, 0.2) is 53.1 Å². The number of hydrogen-bond acceptors (Lipinski definition) is 6. The SMILES string of the molecule is CCNC(=O)c1ccc2c(c1)Oc1ccc(OCc3c(-c4c(Cl)cccc4Cl)noc3C3CC3)nc1CC2. The van der Waals surface area contributed by atoms with Gasteiger partial charge < -0.3 is 19.3 Å². The monoisotopic (exact) mass is 549 g/mol. The number of ether oxygens (including phenoxy) is 2. The predicted octanol–water partition coefficient (Wildman–Crippen LogP) is 7.14. The van der Waals surface area contributed by atoms with Gasteiger partial charge in [-0.15, -0.1) is 0 Å². The number of nitrogens with one attached hydrogen (secondary N) is 1. The fourth-order valence-electron chi connectivity index (χ4n) is 4.65. The van der Waals surface area contributed by atoms with Crippen molar-refractivity contribution in [2.75, 3.05) is 6.54 Å². The fraction of sp³-hybridized carbons (Fsp3) is 0.276.